The van der Waals surface area contributed by atoms with Crippen molar-refractivity contribution in [3.63, 3.8) is 0 Å². The van der Waals surface area contributed by atoms with Crippen LogP contribution < -0.4 is 10.6 Å². The highest BCUT2D eigenvalue weighted by Crippen LogP contribution is 2.12. The predicted molar refractivity (Wildman–Crippen MR) is 46.4 cm³/mol. The zero-order valence-electron chi connectivity index (χ0n) is 7.74. The topological polar surface area (TPSA) is 95.5 Å². The summed E-state index contributed by atoms with van der Waals surface area (Å²) < 4.78 is 0. The van der Waals surface area contributed by atoms with Gasteiger partial charge in [-0.1, -0.05) is 0 Å². The van der Waals surface area contributed by atoms with Crippen LogP contribution >= 0.6 is 0 Å². The van der Waals surface area contributed by atoms with Crippen LogP contribution in [0.5, 0.6) is 0 Å². The van der Waals surface area contributed by atoms with Gasteiger partial charge >= 0.3 is 5.97 Å². The fourth-order valence-electron chi connectivity index (χ4n) is 1.43. The summed E-state index contributed by atoms with van der Waals surface area (Å²) in [5, 5.41) is 13.7. The Morgan fingerprint density at radius 2 is 2.21 bits per heavy atom. The van der Waals surface area contributed by atoms with E-state index in [2.05, 4.69) is 10.6 Å². The fourth-order valence-corrected chi connectivity index (χ4v) is 1.43. The Balaban J connectivity index is 2.57. The monoisotopic (exact) mass is 200 g/mol. The smallest absolute Gasteiger partial charge is 0.316 e. The van der Waals surface area contributed by atoms with Gasteiger partial charge in [-0.25, -0.2) is 0 Å². The lowest BCUT2D eigenvalue weighted by atomic mass is 9.95. The van der Waals surface area contributed by atoms with E-state index in [1.165, 1.54) is 6.92 Å². The third kappa shape index (κ3) is 2.45. The first-order valence-corrected chi connectivity index (χ1v) is 4.28. The molecule has 2 amide bonds. The predicted octanol–water partition coefficient (Wildman–Crippen LogP) is -1.29. The number of piperidine rings is 1. The maximum absolute atomic E-state index is 11.1. The minimum absolute atomic E-state index is 0.154. The lowest BCUT2D eigenvalue weighted by Crippen LogP contribution is -2.53. The van der Waals surface area contributed by atoms with Gasteiger partial charge in [0.25, 0.3) is 0 Å². The fraction of sp³-hybridized carbons (Fsp3) is 0.625. The second-order valence-electron chi connectivity index (χ2n) is 3.27. The quantitative estimate of drug-likeness (QED) is 0.483. The molecule has 1 aliphatic heterocycles. The Hall–Kier alpha value is -1.59. The van der Waals surface area contributed by atoms with Gasteiger partial charge in [-0.3, -0.25) is 14.4 Å². The molecule has 6 nitrogen and oxygen atoms in total. The number of amides is 2. The highest BCUT2D eigenvalue weighted by atomic mass is 16.4. The summed E-state index contributed by atoms with van der Waals surface area (Å²) in [6, 6.07) is -0.286. The SMILES string of the molecule is CC(=O)NC1CNC(=O)C(C(=O)O)C1. The first-order chi connectivity index (χ1) is 6.50. The summed E-state index contributed by atoms with van der Waals surface area (Å²) in [4.78, 5) is 32.4. The van der Waals surface area contributed by atoms with Crippen LogP contribution in [0.3, 0.4) is 0 Å². The first-order valence-electron chi connectivity index (χ1n) is 4.28. The number of rotatable bonds is 2. The zero-order chi connectivity index (χ0) is 10.7. The van der Waals surface area contributed by atoms with Crippen LogP contribution in [0.1, 0.15) is 13.3 Å². The van der Waals surface area contributed by atoms with Crippen LogP contribution in [0, 0.1) is 5.92 Å². The largest absolute Gasteiger partial charge is 0.481 e. The van der Waals surface area contributed by atoms with E-state index in [-0.39, 0.29) is 18.4 Å². The zero-order valence-corrected chi connectivity index (χ0v) is 7.74. The van der Waals surface area contributed by atoms with Crippen molar-refractivity contribution in [3.8, 4) is 0 Å². The van der Waals surface area contributed by atoms with E-state index in [1.54, 1.807) is 0 Å². The van der Waals surface area contributed by atoms with Gasteiger partial charge in [0, 0.05) is 19.5 Å². The molecule has 2 atom stereocenters. The van der Waals surface area contributed by atoms with Crippen LogP contribution in [0.4, 0.5) is 0 Å². The standard InChI is InChI=1S/C8H12N2O4/c1-4(11)10-5-2-6(8(13)14)7(12)9-3-5/h5-6H,2-3H2,1H3,(H,9,12)(H,10,11)(H,13,14). The van der Waals surface area contributed by atoms with Crippen molar-refractivity contribution in [1.82, 2.24) is 10.6 Å². The first kappa shape index (κ1) is 10.5. The van der Waals surface area contributed by atoms with Crippen LogP contribution in [0.2, 0.25) is 0 Å². The molecule has 6 heteroatoms. The Labute approximate surface area is 80.7 Å². The minimum Gasteiger partial charge on any atom is -0.481 e. The number of hydrogen-bond donors (Lipinski definition) is 3. The maximum atomic E-state index is 11.1. The van der Waals surface area contributed by atoms with Crippen molar-refractivity contribution in [3.05, 3.63) is 0 Å². The van der Waals surface area contributed by atoms with E-state index in [9.17, 15) is 14.4 Å². The highest BCUT2D eigenvalue weighted by molar-refractivity contribution is 5.97. The number of carboxylic acid groups (broad SMARTS) is 1. The van der Waals surface area contributed by atoms with Crippen molar-refractivity contribution in [2.45, 2.75) is 19.4 Å². The van der Waals surface area contributed by atoms with Crippen molar-refractivity contribution in [2.24, 2.45) is 5.92 Å². The molecule has 2 unspecified atom stereocenters. The van der Waals surface area contributed by atoms with E-state index in [1.807, 2.05) is 0 Å². The van der Waals surface area contributed by atoms with Crippen molar-refractivity contribution in [1.29, 1.82) is 0 Å². The average molecular weight is 200 g/mol. The van der Waals surface area contributed by atoms with Gasteiger partial charge in [-0.15, -0.1) is 0 Å². The van der Waals surface area contributed by atoms with Gasteiger partial charge in [0.15, 0.2) is 0 Å². The van der Waals surface area contributed by atoms with Crippen molar-refractivity contribution in [2.75, 3.05) is 6.54 Å². The Bertz CT molecular complexity index is 277. The summed E-state index contributed by atoms with van der Waals surface area (Å²) in [6.45, 7) is 1.65. The molecule has 0 aromatic heterocycles. The molecule has 1 fully saturated rings. The van der Waals surface area contributed by atoms with Gasteiger partial charge in [0.2, 0.25) is 11.8 Å². The maximum Gasteiger partial charge on any atom is 0.316 e. The lowest BCUT2D eigenvalue weighted by Gasteiger charge is -2.27. The van der Waals surface area contributed by atoms with Crippen LogP contribution in [0.25, 0.3) is 0 Å². The third-order valence-electron chi connectivity index (χ3n) is 2.06. The van der Waals surface area contributed by atoms with Crippen LogP contribution in [0.15, 0.2) is 0 Å². The molecular weight excluding hydrogens is 188 g/mol. The van der Waals surface area contributed by atoms with E-state index in [4.69, 9.17) is 5.11 Å². The third-order valence-corrected chi connectivity index (χ3v) is 2.06. The molecule has 78 valence electrons. The molecule has 0 spiro atoms. The molecule has 1 saturated heterocycles. The molecule has 1 rings (SSSR count). The summed E-state index contributed by atoms with van der Waals surface area (Å²) in [5.41, 5.74) is 0. The van der Waals surface area contributed by atoms with Gasteiger partial charge < -0.3 is 15.7 Å². The Kier molecular flexibility index (Phi) is 3.06. The molecule has 0 bridgehead atoms. The Morgan fingerprint density at radius 3 is 2.71 bits per heavy atom. The van der Waals surface area contributed by atoms with Gasteiger partial charge in [0.05, 0.1) is 0 Å². The second-order valence-corrected chi connectivity index (χ2v) is 3.27. The number of carboxylic acids is 1. The summed E-state index contributed by atoms with van der Waals surface area (Å²) in [6.07, 6.45) is 0.154. The number of carbonyl (C=O) groups is 3. The highest BCUT2D eigenvalue weighted by Gasteiger charge is 2.33. The van der Waals surface area contributed by atoms with Crippen molar-refractivity contribution >= 4 is 17.8 Å². The van der Waals surface area contributed by atoms with E-state index >= 15 is 0 Å². The molecular formula is C8H12N2O4. The number of nitrogens with one attached hydrogen (secondary N) is 2. The van der Waals surface area contributed by atoms with Crippen LogP contribution in [-0.4, -0.2) is 35.5 Å². The molecule has 0 radical (unpaired) electrons. The van der Waals surface area contributed by atoms with Gasteiger partial charge in [-0.05, 0) is 6.42 Å². The number of aliphatic carboxylic acids is 1. The molecule has 3 N–H and O–H groups in total. The number of hydrogen-bond acceptors (Lipinski definition) is 3. The molecule has 0 aromatic carbocycles. The summed E-state index contributed by atoms with van der Waals surface area (Å²) >= 11 is 0. The van der Waals surface area contributed by atoms with E-state index < -0.39 is 17.8 Å². The molecule has 1 aliphatic rings. The van der Waals surface area contributed by atoms with Crippen LogP contribution in [-0.2, 0) is 14.4 Å². The van der Waals surface area contributed by atoms with Gasteiger partial charge in [0.1, 0.15) is 5.92 Å². The average Bonchev–Trinajstić information content (AvgIpc) is 2.07. The lowest BCUT2D eigenvalue weighted by molar-refractivity contribution is -0.149. The minimum atomic E-state index is -1.16. The molecule has 0 aromatic rings. The summed E-state index contributed by atoms with van der Waals surface area (Å²) in [7, 11) is 0. The molecule has 0 aliphatic carbocycles. The van der Waals surface area contributed by atoms with E-state index in [0.717, 1.165) is 0 Å². The summed E-state index contributed by atoms with van der Waals surface area (Å²) in [5.74, 6) is -2.92. The normalized spacial score (nSPS) is 26.5. The van der Waals surface area contributed by atoms with Crippen molar-refractivity contribution < 1.29 is 19.5 Å². The number of carbonyl (C=O) groups excluding carboxylic acids is 2. The second kappa shape index (κ2) is 4.08. The van der Waals surface area contributed by atoms with E-state index in [0.29, 0.717) is 6.54 Å². The molecule has 1 heterocycles. The Morgan fingerprint density at radius 1 is 1.57 bits per heavy atom. The van der Waals surface area contributed by atoms with Gasteiger partial charge in [-0.2, -0.15) is 0 Å². The molecule has 14 heavy (non-hydrogen) atoms. The molecule has 0 saturated carbocycles.